The number of hydrogen-bond acceptors (Lipinski definition) is 3. The number of hydrogen-bond donors (Lipinski definition) is 2. The van der Waals surface area contributed by atoms with E-state index in [9.17, 15) is 4.79 Å². The van der Waals surface area contributed by atoms with Crippen LogP contribution in [0.25, 0.3) is 11.0 Å². The van der Waals surface area contributed by atoms with E-state index in [4.69, 9.17) is 5.26 Å². The van der Waals surface area contributed by atoms with Crippen LogP contribution in [0.15, 0.2) is 48.5 Å². The van der Waals surface area contributed by atoms with Crippen molar-refractivity contribution in [2.75, 3.05) is 0 Å². The molecule has 0 aliphatic heterocycles. The quantitative estimate of drug-likeness (QED) is 0.771. The average Bonchev–Trinajstić information content (AvgIpc) is 3.02. The second-order valence-corrected chi connectivity index (χ2v) is 6.02. The summed E-state index contributed by atoms with van der Waals surface area (Å²) in [6.07, 6.45) is 0. The molecule has 0 spiro atoms. The zero-order valence-corrected chi connectivity index (χ0v) is 13.6. The lowest BCUT2D eigenvalue weighted by atomic mass is 10.0. The zero-order valence-electron chi connectivity index (χ0n) is 13.6. The van der Waals surface area contributed by atoms with E-state index in [-0.39, 0.29) is 17.9 Å². The number of rotatable bonds is 4. The number of nitrogens with zero attached hydrogens (tertiary/aromatic N) is 2. The fourth-order valence-corrected chi connectivity index (χ4v) is 2.59. The number of carbonyl (C=O) groups is 1. The summed E-state index contributed by atoms with van der Waals surface area (Å²) < 4.78 is 0. The summed E-state index contributed by atoms with van der Waals surface area (Å²) in [6.45, 7) is 4.08. The van der Waals surface area contributed by atoms with Crippen molar-refractivity contribution in [3.05, 3.63) is 65.5 Å². The molecule has 1 aromatic heterocycles. The predicted octanol–water partition coefficient (Wildman–Crippen LogP) is 3.56. The van der Waals surface area contributed by atoms with Gasteiger partial charge >= 0.3 is 0 Å². The van der Waals surface area contributed by atoms with Crippen molar-refractivity contribution < 1.29 is 4.79 Å². The molecular weight excluding hydrogens is 300 g/mol. The van der Waals surface area contributed by atoms with Crippen LogP contribution < -0.4 is 5.32 Å². The number of amides is 1. The lowest BCUT2D eigenvalue weighted by Crippen LogP contribution is -2.32. The Hall–Kier alpha value is -3.13. The van der Waals surface area contributed by atoms with Crippen molar-refractivity contribution in [3.8, 4) is 6.07 Å². The second-order valence-electron chi connectivity index (χ2n) is 6.02. The summed E-state index contributed by atoms with van der Waals surface area (Å²) in [5.41, 5.74) is 2.89. The fourth-order valence-electron chi connectivity index (χ4n) is 2.59. The SMILES string of the molecule is CC(C)C(NC(=O)c1ccc(C#N)cc1)c1nc2ccccc2[nH]1. The normalized spacial score (nSPS) is 12.1. The van der Waals surface area contributed by atoms with Gasteiger partial charge in [-0.2, -0.15) is 5.26 Å². The summed E-state index contributed by atoms with van der Waals surface area (Å²) in [4.78, 5) is 20.4. The summed E-state index contributed by atoms with van der Waals surface area (Å²) >= 11 is 0. The molecule has 0 saturated heterocycles. The lowest BCUT2D eigenvalue weighted by Gasteiger charge is -2.20. The predicted molar refractivity (Wildman–Crippen MR) is 92.3 cm³/mol. The molecule has 0 bridgehead atoms. The van der Waals surface area contributed by atoms with Gasteiger partial charge in [-0.05, 0) is 42.3 Å². The molecule has 3 rings (SSSR count). The van der Waals surface area contributed by atoms with Crippen LogP contribution in [-0.2, 0) is 0 Å². The van der Waals surface area contributed by atoms with E-state index in [0.29, 0.717) is 11.1 Å². The Morgan fingerprint density at radius 3 is 2.50 bits per heavy atom. The van der Waals surface area contributed by atoms with E-state index in [2.05, 4.69) is 15.3 Å². The number of benzene rings is 2. The van der Waals surface area contributed by atoms with Crippen molar-refractivity contribution in [1.82, 2.24) is 15.3 Å². The largest absolute Gasteiger partial charge is 0.342 e. The number of imidazole rings is 1. The molecule has 5 nitrogen and oxygen atoms in total. The summed E-state index contributed by atoms with van der Waals surface area (Å²) in [5, 5.41) is 11.9. The van der Waals surface area contributed by atoms with E-state index < -0.39 is 0 Å². The number of nitrogens with one attached hydrogen (secondary N) is 2. The highest BCUT2D eigenvalue weighted by Crippen LogP contribution is 2.22. The number of fused-ring (bicyclic) bond motifs is 1. The number of nitriles is 1. The van der Waals surface area contributed by atoms with Gasteiger partial charge in [-0.1, -0.05) is 26.0 Å². The van der Waals surface area contributed by atoms with Gasteiger partial charge in [-0.3, -0.25) is 4.79 Å². The minimum Gasteiger partial charge on any atom is -0.342 e. The van der Waals surface area contributed by atoms with E-state index in [0.717, 1.165) is 16.9 Å². The number of aromatic nitrogens is 2. The molecule has 1 atom stereocenters. The Kier molecular flexibility index (Phi) is 4.30. The van der Waals surface area contributed by atoms with Crippen molar-refractivity contribution >= 4 is 16.9 Å². The van der Waals surface area contributed by atoms with E-state index in [1.54, 1.807) is 24.3 Å². The summed E-state index contributed by atoms with van der Waals surface area (Å²) in [5.74, 6) is 0.736. The maximum Gasteiger partial charge on any atom is 0.251 e. The number of carbonyl (C=O) groups excluding carboxylic acids is 1. The second kappa shape index (κ2) is 6.55. The van der Waals surface area contributed by atoms with Gasteiger partial charge in [0.25, 0.3) is 5.91 Å². The Balaban J connectivity index is 1.85. The zero-order chi connectivity index (χ0) is 17.1. The molecule has 5 heteroatoms. The van der Waals surface area contributed by atoms with Gasteiger partial charge in [0, 0.05) is 5.56 Å². The van der Waals surface area contributed by atoms with Gasteiger partial charge in [0.2, 0.25) is 0 Å². The van der Waals surface area contributed by atoms with Crippen LogP contribution in [0.4, 0.5) is 0 Å². The maximum absolute atomic E-state index is 12.5. The Labute approximate surface area is 140 Å². The molecule has 1 heterocycles. The van der Waals surface area contributed by atoms with Crippen molar-refractivity contribution in [2.45, 2.75) is 19.9 Å². The fraction of sp³-hybridized carbons (Fsp3) is 0.211. The van der Waals surface area contributed by atoms with Gasteiger partial charge in [0.05, 0.1) is 28.7 Å². The third kappa shape index (κ3) is 3.13. The van der Waals surface area contributed by atoms with Gasteiger partial charge in [-0.25, -0.2) is 4.98 Å². The first-order valence-electron chi connectivity index (χ1n) is 7.84. The van der Waals surface area contributed by atoms with Crippen LogP contribution in [0, 0.1) is 17.2 Å². The number of para-hydroxylation sites is 2. The molecule has 0 aliphatic rings. The first-order valence-corrected chi connectivity index (χ1v) is 7.84. The van der Waals surface area contributed by atoms with Gasteiger partial charge in [0.1, 0.15) is 5.82 Å². The van der Waals surface area contributed by atoms with Crippen molar-refractivity contribution in [1.29, 1.82) is 5.26 Å². The van der Waals surface area contributed by atoms with Crippen LogP contribution >= 0.6 is 0 Å². The summed E-state index contributed by atoms with van der Waals surface area (Å²) in [6, 6.07) is 16.2. The smallest absolute Gasteiger partial charge is 0.251 e. The van der Waals surface area contributed by atoms with Crippen LogP contribution in [0.3, 0.4) is 0 Å². The highest BCUT2D eigenvalue weighted by molar-refractivity contribution is 5.94. The van der Waals surface area contributed by atoms with E-state index in [1.165, 1.54) is 0 Å². The number of aromatic amines is 1. The minimum atomic E-state index is -0.222. The summed E-state index contributed by atoms with van der Waals surface area (Å²) in [7, 11) is 0. The highest BCUT2D eigenvalue weighted by atomic mass is 16.1. The Morgan fingerprint density at radius 2 is 1.88 bits per heavy atom. The topological polar surface area (TPSA) is 81.6 Å². The van der Waals surface area contributed by atoms with Crippen molar-refractivity contribution in [3.63, 3.8) is 0 Å². The Bertz CT molecular complexity index is 870. The van der Waals surface area contributed by atoms with Crippen LogP contribution in [-0.4, -0.2) is 15.9 Å². The average molecular weight is 318 g/mol. The Morgan fingerprint density at radius 1 is 1.17 bits per heavy atom. The molecule has 120 valence electrons. The monoisotopic (exact) mass is 318 g/mol. The maximum atomic E-state index is 12.5. The van der Waals surface area contributed by atoms with Gasteiger partial charge in [-0.15, -0.1) is 0 Å². The standard InChI is InChI=1S/C19H18N4O/c1-12(2)17(18-21-15-5-3-4-6-16(15)22-18)23-19(24)14-9-7-13(11-20)8-10-14/h3-10,12,17H,1-2H3,(H,21,22)(H,23,24). The minimum absolute atomic E-state index is 0.174. The van der Waals surface area contributed by atoms with E-state index >= 15 is 0 Å². The number of H-pyrrole nitrogens is 1. The van der Waals surface area contributed by atoms with E-state index in [1.807, 2.05) is 44.2 Å². The molecule has 2 aromatic carbocycles. The third-order valence-corrected chi connectivity index (χ3v) is 3.93. The first-order chi connectivity index (χ1) is 11.6. The molecule has 0 radical (unpaired) electrons. The molecule has 0 aliphatic carbocycles. The van der Waals surface area contributed by atoms with Crippen LogP contribution in [0.2, 0.25) is 0 Å². The van der Waals surface area contributed by atoms with Gasteiger partial charge < -0.3 is 10.3 Å². The molecule has 3 aromatic rings. The van der Waals surface area contributed by atoms with Crippen molar-refractivity contribution in [2.24, 2.45) is 5.92 Å². The lowest BCUT2D eigenvalue weighted by molar-refractivity contribution is 0.0923. The molecule has 0 saturated carbocycles. The van der Waals surface area contributed by atoms with Crippen LogP contribution in [0.1, 0.15) is 41.6 Å². The van der Waals surface area contributed by atoms with Gasteiger partial charge in [0.15, 0.2) is 0 Å². The molecular formula is C19H18N4O. The molecule has 0 fully saturated rings. The molecule has 1 unspecified atom stereocenters. The highest BCUT2D eigenvalue weighted by Gasteiger charge is 2.22. The van der Waals surface area contributed by atoms with Crippen LogP contribution in [0.5, 0.6) is 0 Å². The first kappa shape index (κ1) is 15.8. The third-order valence-electron chi connectivity index (χ3n) is 3.93. The molecule has 1 amide bonds. The molecule has 2 N–H and O–H groups in total. The molecule has 24 heavy (non-hydrogen) atoms.